The van der Waals surface area contributed by atoms with E-state index in [1.807, 2.05) is 0 Å². The lowest BCUT2D eigenvalue weighted by Crippen LogP contribution is -1.87. The molecule has 0 heterocycles. The zero-order valence-corrected chi connectivity index (χ0v) is 11.3. The molecular formula is C18H19N. The van der Waals surface area contributed by atoms with Gasteiger partial charge in [0.1, 0.15) is 0 Å². The van der Waals surface area contributed by atoms with Gasteiger partial charge in [0.05, 0.1) is 0 Å². The molecule has 0 amide bonds. The average Bonchev–Trinajstić information content (AvgIpc) is 2.39. The van der Waals surface area contributed by atoms with Crippen molar-refractivity contribution in [1.82, 2.24) is 6.15 Å². The first-order chi connectivity index (χ1) is 8.81. The lowest BCUT2D eigenvalue weighted by atomic mass is 10.0. The molecule has 96 valence electrons. The highest BCUT2D eigenvalue weighted by Crippen LogP contribution is 2.19. The average molecular weight is 249 g/mol. The summed E-state index contributed by atoms with van der Waals surface area (Å²) in [6, 6.07) is 24.0. The molecule has 0 saturated carbocycles. The fourth-order valence-corrected chi connectivity index (χ4v) is 2.36. The Morgan fingerprint density at radius 2 is 1.42 bits per heavy atom. The van der Waals surface area contributed by atoms with Crippen LogP contribution in [0.1, 0.15) is 16.7 Å². The Hall–Kier alpha value is -2.12. The maximum absolute atomic E-state index is 2.30. The van der Waals surface area contributed by atoms with Crippen LogP contribution >= 0.6 is 0 Å². The van der Waals surface area contributed by atoms with E-state index in [1.54, 1.807) is 0 Å². The van der Waals surface area contributed by atoms with Gasteiger partial charge < -0.3 is 6.15 Å². The molecule has 0 radical (unpaired) electrons. The maximum Gasteiger partial charge on any atom is -0.00256 e. The minimum absolute atomic E-state index is 0. The van der Waals surface area contributed by atoms with Crippen LogP contribution in [0.15, 0.2) is 66.7 Å². The van der Waals surface area contributed by atoms with Crippen molar-refractivity contribution in [2.24, 2.45) is 0 Å². The van der Waals surface area contributed by atoms with Crippen LogP contribution < -0.4 is 6.15 Å². The summed E-state index contributed by atoms with van der Waals surface area (Å²) in [7, 11) is 0. The van der Waals surface area contributed by atoms with Gasteiger partial charge >= 0.3 is 0 Å². The third-order valence-electron chi connectivity index (χ3n) is 3.31. The molecule has 3 N–H and O–H groups in total. The van der Waals surface area contributed by atoms with Crippen molar-refractivity contribution < 1.29 is 0 Å². The quantitative estimate of drug-likeness (QED) is 0.688. The topological polar surface area (TPSA) is 35.0 Å². The molecule has 1 nitrogen and oxygen atoms in total. The number of hydrogen-bond acceptors (Lipinski definition) is 1. The van der Waals surface area contributed by atoms with Crippen molar-refractivity contribution in [3.8, 4) is 0 Å². The number of aryl methyl sites for hydroxylation is 1. The van der Waals surface area contributed by atoms with Crippen molar-refractivity contribution in [3.63, 3.8) is 0 Å². The van der Waals surface area contributed by atoms with Crippen molar-refractivity contribution in [3.05, 3.63) is 83.4 Å². The SMILES string of the molecule is Cc1ccc2ccc(Cc3ccccc3)cc2c1.N. The van der Waals surface area contributed by atoms with E-state index >= 15 is 0 Å². The van der Waals surface area contributed by atoms with Gasteiger partial charge in [-0.3, -0.25) is 0 Å². The molecule has 0 unspecified atom stereocenters. The summed E-state index contributed by atoms with van der Waals surface area (Å²) in [6.45, 7) is 2.14. The van der Waals surface area contributed by atoms with Gasteiger partial charge in [0.15, 0.2) is 0 Å². The number of rotatable bonds is 2. The molecule has 0 fully saturated rings. The highest BCUT2D eigenvalue weighted by Gasteiger charge is 1.98. The smallest absolute Gasteiger partial charge is 0.00256 e. The zero-order valence-electron chi connectivity index (χ0n) is 11.3. The molecule has 0 aliphatic carbocycles. The van der Waals surface area contributed by atoms with Crippen LogP contribution in [0.2, 0.25) is 0 Å². The van der Waals surface area contributed by atoms with E-state index in [4.69, 9.17) is 0 Å². The van der Waals surface area contributed by atoms with E-state index < -0.39 is 0 Å². The lowest BCUT2D eigenvalue weighted by Gasteiger charge is -2.05. The Balaban J connectivity index is 0.00000133. The normalized spacial score (nSPS) is 10.2. The largest absolute Gasteiger partial charge is 0.344 e. The van der Waals surface area contributed by atoms with Crippen LogP contribution in [0.25, 0.3) is 10.8 Å². The molecule has 0 aromatic heterocycles. The van der Waals surface area contributed by atoms with Gasteiger partial charge in [-0.2, -0.15) is 0 Å². The molecule has 19 heavy (non-hydrogen) atoms. The Morgan fingerprint density at radius 3 is 2.21 bits per heavy atom. The second-order valence-corrected chi connectivity index (χ2v) is 4.85. The number of benzene rings is 3. The first-order valence-electron chi connectivity index (χ1n) is 6.34. The standard InChI is InChI=1S/C18H16.H3N/c1-14-7-9-17-10-8-16(13-18(17)11-14)12-15-5-3-2-4-6-15;/h2-11,13H,12H2,1H3;1H3. The van der Waals surface area contributed by atoms with Crippen LogP contribution in [-0.4, -0.2) is 0 Å². The molecule has 0 atom stereocenters. The van der Waals surface area contributed by atoms with Crippen LogP contribution in [-0.2, 0) is 6.42 Å². The third kappa shape index (κ3) is 3.01. The zero-order chi connectivity index (χ0) is 12.4. The molecule has 3 aromatic rings. The molecule has 3 rings (SSSR count). The number of fused-ring (bicyclic) bond motifs is 1. The minimum Gasteiger partial charge on any atom is -0.344 e. The summed E-state index contributed by atoms with van der Waals surface area (Å²) >= 11 is 0. The Labute approximate surface area is 114 Å². The van der Waals surface area contributed by atoms with Gasteiger partial charge in [0.2, 0.25) is 0 Å². The number of hydrogen-bond donors (Lipinski definition) is 1. The summed E-state index contributed by atoms with van der Waals surface area (Å²) in [5.74, 6) is 0. The van der Waals surface area contributed by atoms with Crippen LogP contribution in [0.5, 0.6) is 0 Å². The summed E-state index contributed by atoms with van der Waals surface area (Å²) < 4.78 is 0. The van der Waals surface area contributed by atoms with Crippen LogP contribution in [0.4, 0.5) is 0 Å². The van der Waals surface area contributed by atoms with Gasteiger partial charge in [0, 0.05) is 0 Å². The van der Waals surface area contributed by atoms with Gasteiger partial charge in [-0.15, -0.1) is 0 Å². The summed E-state index contributed by atoms with van der Waals surface area (Å²) in [5, 5.41) is 2.65. The molecule has 0 aliphatic heterocycles. The fourth-order valence-electron chi connectivity index (χ4n) is 2.36. The Bertz CT molecular complexity index is 672. The lowest BCUT2D eigenvalue weighted by molar-refractivity contribution is 1.20. The van der Waals surface area contributed by atoms with Gasteiger partial charge in [0.25, 0.3) is 0 Å². The van der Waals surface area contributed by atoms with E-state index in [0.29, 0.717) is 0 Å². The summed E-state index contributed by atoms with van der Waals surface area (Å²) in [5.41, 5.74) is 4.06. The fraction of sp³-hybridized carbons (Fsp3) is 0.111. The molecule has 0 spiro atoms. The minimum atomic E-state index is 0. The van der Waals surface area contributed by atoms with Gasteiger partial charge in [-0.1, -0.05) is 72.3 Å². The molecule has 1 heteroatoms. The highest BCUT2D eigenvalue weighted by molar-refractivity contribution is 5.83. The van der Waals surface area contributed by atoms with Crippen LogP contribution in [0, 0.1) is 6.92 Å². The van der Waals surface area contributed by atoms with Crippen molar-refractivity contribution in [2.45, 2.75) is 13.3 Å². The van der Waals surface area contributed by atoms with E-state index in [1.165, 1.54) is 27.5 Å². The first kappa shape index (κ1) is 13.3. The second kappa shape index (κ2) is 5.68. The van der Waals surface area contributed by atoms with Gasteiger partial charge in [-0.25, -0.2) is 0 Å². The van der Waals surface area contributed by atoms with E-state index in [2.05, 4.69) is 73.7 Å². The Kier molecular flexibility index (Phi) is 3.98. The van der Waals surface area contributed by atoms with Crippen molar-refractivity contribution in [1.29, 1.82) is 0 Å². The summed E-state index contributed by atoms with van der Waals surface area (Å²) in [4.78, 5) is 0. The van der Waals surface area contributed by atoms with Crippen molar-refractivity contribution in [2.75, 3.05) is 0 Å². The highest BCUT2D eigenvalue weighted by atomic mass is 14.0. The van der Waals surface area contributed by atoms with E-state index in [0.717, 1.165) is 6.42 Å². The van der Waals surface area contributed by atoms with Gasteiger partial charge in [-0.05, 0) is 35.2 Å². The van der Waals surface area contributed by atoms with Crippen molar-refractivity contribution >= 4 is 10.8 Å². The maximum atomic E-state index is 2.30. The molecule has 0 bridgehead atoms. The predicted octanol–water partition coefficient (Wildman–Crippen LogP) is 4.90. The second-order valence-electron chi connectivity index (χ2n) is 4.85. The molecular weight excluding hydrogens is 230 g/mol. The molecule has 3 aromatic carbocycles. The van der Waals surface area contributed by atoms with E-state index in [-0.39, 0.29) is 6.15 Å². The molecule has 0 aliphatic rings. The summed E-state index contributed by atoms with van der Waals surface area (Å²) in [6.07, 6.45) is 1.00. The first-order valence-corrected chi connectivity index (χ1v) is 6.34. The van der Waals surface area contributed by atoms with E-state index in [9.17, 15) is 0 Å². The monoisotopic (exact) mass is 249 g/mol. The molecule has 0 saturated heterocycles. The third-order valence-corrected chi connectivity index (χ3v) is 3.31. The predicted molar refractivity (Wildman–Crippen MR) is 83.0 cm³/mol. The Morgan fingerprint density at radius 1 is 0.684 bits per heavy atom. The van der Waals surface area contributed by atoms with Crippen LogP contribution in [0.3, 0.4) is 0 Å².